The number of hydrogen-bond acceptors (Lipinski definition) is 4. The summed E-state index contributed by atoms with van der Waals surface area (Å²) in [6.07, 6.45) is -1.46. The SMILES string of the molecule is CC(O)CN(N[C@@H](CO)Cc1ccccc1)C(=O)O. The standard InChI is InChI=1S/C13H20N2O4/c1-10(17)8-15(13(18)19)14-12(9-16)7-11-5-3-2-4-6-11/h2-6,10,12,14,16-17H,7-9H2,1H3,(H,18,19)/t10?,12-/m1/s1. The molecular weight excluding hydrogens is 248 g/mol. The Morgan fingerprint density at radius 1 is 1.37 bits per heavy atom. The Kier molecular flexibility index (Phi) is 6.27. The second-order valence-corrected chi connectivity index (χ2v) is 4.44. The lowest BCUT2D eigenvalue weighted by Gasteiger charge is -2.26. The third-order valence-corrected chi connectivity index (χ3v) is 2.56. The van der Waals surface area contributed by atoms with Gasteiger partial charge in [0.1, 0.15) is 0 Å². The molecule has 0 spiro atoms. The summed E-state index contributed by atoms with van der Waals surface area (Å²) in [7, 11) is 0. The van der Waals surface area contributed by atoms with Crippen molar-refractivity contribution >= 4 is 6.09 Å². The van der Waals surface area contributed by atoms with E-state index in [4.69, 9.17) is 5.11 Å². The highest BCUT2D eigenvalue weighted by Crippen LogP contribution is 2.04. The first-order valence-corrected chi connectivity index (χ1v) is 6.12. The van der Waals surface area contributed by atoms with Crippen molar-refractivity contribution < 1.29 is 20.1 Å². The maximum atomic E-state index is 11.0. The number of aliphatic hydroxyl groups is 2. The molecule has 0 heterocycles. The van der Waals surface area contributed by atoms with Crippen molar-refractivity contribution in [2.75, 3.05) is 13.2 Å². The number of rotatable bonds is 7. The predicted octanol–water partition coefficient (Wildman–Crippen LogP) is 0.455. The number of nitrogens with one attached hydrogen (secondary N) is 1. The molecule has 6 heteroatoms. The van der Waals surface area contributed by atoms with E-state index < -0.39 is 18.2 Å². The van der Waals surface area contributed by atoms with Gasteiger partial charge in [-0.15, -0.1) is 0 Å². The minimum absolute atomic E-state index is 0.0549. The van der Waals surface area contributed by atoms with Gasteiger partial charge in [-0.2, -0.15) is 0 Å². The van der Waals surface area contributed by atoms with Gasteiger partial charge in [-0.25, -0.2) is 15.2 Å². The van der Waals surface area contributed by atoms with E-state index in [9.17, 15) is 15.0 Å². The van der Waals surface area contributed by atoms with E-state index in [0.29, 0.717) is 6.42 Å². The first-order valence-electron chi connectivity index (χ1n) is 6.12. The molecular formula is C13H20N2O4. The summed E-state index contributed by atoms with van der Waals surface area (Å²) < 4.78 is 0. The lowest BCUT2D eigenvalue weighted by molar-refractivity contribution is 0.0609. The molecule has 1 rings (SSSR count). The zero-order valence-corrected chi connectivity index (χ0v) is 10.9. The van der Waals surface area contributed by atoms with Crippen LogP contribution in [0.15, 0.2) is 30.3 Å². The monoisotopic (exact) mass is 268 g/mol. The van der Waals surface area contributed by atoms with Gasteiger partial charge in [0.2, 0.25) is 0 Å². The number of aliphatic hydroxyl groups excluding tert-OH is 2. The van der Waals surface area contributed by atoms with Gasteiger partial charge < -0.3 is 15.3 Å². The number of hydrogen-bond donors (Lipinski definition) is 4. The molecule has 4 N–H and O–H groups in total. The van der Waals surface area contributed by atoms with Crippen LogP contribution in [0.4, 0.5) is 4.79 Å². The van der Waals surface area contributed by atoms with Gasteiger partial charge in [0.25, 0.3) is 0 Å². The topological polar surface area (TPSA) is 93.0 Å². The molecule has 106 valence electrons. The van der Waals surface area contributed by atoms with Crippen molar-refractivity contribution in [3.05, 3.63) is 35.9 Å². The average molecular weight is 268 g/mol. The lowest BCUT2D eigenvalue weighted by Crippen LogP contribution is -2.52. The minimum Gasteiger partial charge on any atom is -0.464 e. The molecule has 0 aliphatic rings. The quantitative estimate of drug-likeness (QED) is 0.539. The summed E-state index contributed by atoms with van der Waals surface area (Å²) in [5.41, 5.74) is 3.70. The zero-order valence-electron chi connectivity index (χ0n) is 10.9. The van der Waals surface area contributed by atoms with Gasteiger partial charge in [0.15, 0.2) is 0 Å². The van der Waals surface area contributed by atoms with Crippen LogP contribution >= 0.6 is 0 Å². The predicted molar refractivity (Wildman–Crippen MR) is 70.6 cm³/mol. The molecule has 1 aromatic carbocycles. The van der Waals surface area contributed by atoms with Gasteiger partial charge >= 0.3 is 6.09 Å². The molecule has 0 aromatic heterocycles. The van der Waals surface area contributed by atoms with Crippen molar-refractivity contribution in [1.29, 1.82) is 0 Å². The first-order chi connectivity index (χ1) is 9.02. The van der Waals surface area contributed by atoms with E-state index in [1.165, 1.54) is 6.92 Å². The van der Waals surface area contributed by atoms with Crippen molar-refractivity contribution in [3.8, 4) is 0 Å². The van der Waals surface area contributed by atoms with Crippen molar-refractivity contribution in [3.63, 3.8) is 0 Å². The fourth-order valence-corrected chi connectivity index (χ4v) is 1.72. The zero-order chi connectivity index (χ0) is 14.3. The van der Waals surface area contributed by atoms with Crippen molar-refractivity contribution in [1.82, 2.24) is 10.4 Å². The largest absolute Gasteiger partial charge is 0.464 e. The van der Waals surface area contributed by atoms with Crippen LogP contribution in [0.5, 0.6) is 0 Å². The highest BCUT2D eigenvalue weighted by Gasteiger charge is 2.18. The van der Waals surface area contributed by atoms with E-state index in [1.54, 1.807) is 0 Å². The number of nitrogens with zero attached hydrogens (tertiary/aromatic N) is 1. The Morgan fingerprint density at radius 3 is 2.47 bits per heavy atom. The summed E-state index contributed by atoms with van der Waals surface area (Å²) in [6.45, 7) is 1.25. The molecule has 2 atom stereocenters. The normalized spacial score (nSPS) is 13.8. The Labute approximate surface area is 112 Å². The van der Waals surface area contributed by atoms with Crippen LogP contribution in [0.2, 0.25) is 0 Å². The summed E-state index contributed by atoms with van der Waals surface area (Å²) in [4.78, 5) is 11.0. The fraction of sp³-hybridized carbons (Fsp3) is 0.462. The Morgan fingerprint density at radius 2 is 2.00 bits per heavy atom. The Bertz CT molecular complexity index is 383. The van der Waals surface area contributed by atoms with Crippen molar-refractivity contribution in [2.24, 2.45) is 0 Å². The molecule has 1 amide bonds. The van der Waals surface area contributed by atoms with Gasteiger partial charge in [0, 0.05) is 0 Å². The summed E-state index contributed by atoms with van der Waals surface area (Å²) in [6, 6.07) is 9.05. The third-order valence-electron chi connectivity index (χ3n) is 2.56. The van der Waals surface area contributed by atoms with Crippen LogP contribution < -0.4 is 5.43 Å². The Balaban J connectivity index is 2.61. The smallest absolute Gasteiger partial charge is 0.421 e. The number of benzene rings is 1. The van der Waals surface area contributed by atoms with Crippen LogP contribution in [0.1, 0.15) is 12.5 Å². The second kappa shape index (κ2) is 7.73. The van der Waals surface area contributed by atoms with Crippen LogP contribution in [0, 0.1) is 0 Å². The van der Waals surface area contributed by atoms with Crippen LogP contribution in [-0.2, 0) is 6.42 Å². The van der Waals surface area contributed by atoms with E-state index in [0.717, 1.165) is 10.6 Å². The fourth-order valence-electron chi connectivity index (χ4n) is 1.72. The van der Waals surface area contributed by atoms with Crippen LogP contribution in [0.3, 0.4) is 0 Å². The van der Waals surface area contributed by atoms with Crippen LogP contribution in [0.25, 0.3) is 0 Å². The number of hydrazine groups is 1. The first kappa shape index (κ1) is 15.4. The molecule has 0 fully saturated rings. The highest BCUT2D eigenvalue weighted by atomic mass is 16.4. The molecule has 0 radical (unpaired) electrons. The number of carbonyl (C=O) groups is 1. The second-order valence-electron chi connectivity index (χ2n) is 4.44. The van der Waals surface area contributed by atoms with Crippen molar-refractivity contribution in [2.45, 2.75) is 25.5 Å². The van der Waals surface area contributed by atoms with E-state index in [2.05, 4.69) is 5.43 Å². The molecule has 0 aliphatic carbocycles. The average Bonchev–Trinajstić information content (AvgIpc) is 2.37. The molecule has 0 saturated carbocycles. The molecule has 0 saturated heterocycles. The van der Waals surface area contributed by atoms with Gasteiger partial charge in [-0.1, -0.05) is 30.3 Å². The third kappa shape index (κ3) is 5.69. The molecule has 0 aliphatic heterocycles. The molecule has 19 heavy (non-hydrogen) atoms. The summed E-state index contributed by atoms with van der Waals surface area (Å²) in [5.74, 6) is 0. The minimum atomic E-state index is -1.19. The summed E-state index contributed by atoms with van der Waals surface area (Å²) in [5, 5.41) is 28.4. The molecule has 1 aromatic rings. The highest BCUT2D eigenvalue weighted by molar-refractivity contribution is 5.64. The number of carboxylic acid groups (broad SMARTS) is 1. The lowest BCUT2D eigenvalue weighted by atomic mass is 10.1. The summed E-state index contributed by atoms with van der Waals surface area (Å²) >= 11 is 0. The Hall–Kier alpha value is -1.63. The maximum Gasteiger partial charge on any atom is 0.421 e. The molecule has 6 nitrogen and oxygen atoms in total. The maximum absolute atomic E-state index is 11.0. The number of amides is 1. The molecule has 0 bridgehead atoms. The van der Waals surface area contributed by atoms with Gasteiger partial charge in [-0.3, -0.25) is 0 Å². The van der Waals surface area contributed by atoms with Gasteiger partial charge in [-0.05, 0) is 18.9 Å². The van der Waals surface area contributed by atoms with E-state index >= 15 is 0 Å². The van der Waals surface area contributed by atoms with Gasteiger partial charge in [0.05, 0.1) is 25.3 Å². The van der Waals surface area contributed by atoms with Crippen LogP contribution in [-0.4, -0.2) is 51.7 Å². The van der Waals surface area contributed by atoms with E-state index in [1.807, 2.05) is 30.3 Å². The van der Waals surface area contributed by atoms with E-state index in [-0.39, 0.29) is 13.2 Å². The molecule has 1 unspecified atom stereocenters.